The van der Waals surface area contributed by atoms with Gasteiger partial charge in [0.15, 0.2) is 5.69 Å². The quantitative estimate of drug-likeness (QED) is 0.913. The lowest BCUT2D eigenvalue weighted by Gasteiger charge is -2.32. The maximum Gasteiger partial charge on any atom is 0.276 e. The minimum absolute atomic E-state index is 0.0240. The van der Waals surface area contributed by atoms with Crippen LogP contribution in [-0.2, 0) is 4.79 Å². The molecule has 6 heteroatoms. The first-order valence-electron chi connectivity index (χ1n) is 7.64. The van der Waals surface area contributed by atoms with Gasteiger partial charge in [-0.15, -0.1) is 0 Å². The third kappa shape index (κ3) is 3.43. The molecule has 1 aromatic rings. The van der Waals surface area contributed by atoms with Crippen molar-refractivity contribution < 1.29 is 14.1 Å². The molecule has 0 radical (unpaired) electrons. The van der Waals surface area contributed by atoms with E-state index in [4.69, 9.17) is 4.52 Å². The van der Waals surface area contributed by atoms with Crippen LogP contribution in [0.5, 0.6) is 0 Å². The number of piperidine rings is 1. The van der Waals surface area contributed by atoms with Gasteiger partial charge in [0.2, 0.25) is 5.91 Å². The smallest absolute Gasteiger partial charge is 0.276 e. The number of amides is 2. The monoisotopic (exact) mass is 291 g/mol. The Hall–Kier alpha value is -1.85. The molecule has 1 N–H and O–H groups in total. The van der Waals surface area contributed by atoms with E-state index in [1.807, 2.05) is 4.90 Å². The molecule has 1 atom stereocenters. The molecule has 2 heterocycles. The van der Waals surface area contributed by atoms with Gasteiger partial charge in [-0.3, -0.25) is 9.59 Å². The maximum atomic E-state index is 12.5. The molecule has 2 fully saturated rings. The highest BCUT2D eigenvalue weighted by atomic mass is 16.5. The Morgan fingerprint density at radius 1 is 1.43 bits per heavy atom. The van der Waals surface area contributed by atoms with Gasteiger partial charge in [0.1, 0.15) is 5.76 Å². The Labute approximate surface area is 123 Å². The highest BCUT2D eigenvalue weighted by molar-refractivity contribution is 5.92. The first kappa shape index (κ1) is 14.1. The average molecular weight is 291 g/mol. The third-order valence-corrected chi connectivity index (χ3v) is 4.17. The van der Waals surface area contributed by atoms with Crippen molar-refractivity contribution in [2.75, 3.05) is 19.6 Å². The van der Waals surface area contributed by atoms with Gasteiger partial charge in [-0.05, 0) is 31.6 Å². The summed E-state index contributed by atoms with van der Waals surface area (Å²) in [6, 6.07) is 1.79. The highest BCUT2D eigenvalue weighted by Gasteiger charge is 2.31. The molecular weight excluding hydrogens is 270 g/mol. The van der Waals surface area contributed by atoms with Crippen LogP contribution in [0.3, 0.4) is 0 Å². The molecule has 1 saturated heterocycles. The summed E-state index contributed by atoms with van der Waals surface area (Å²) in [6.45, 7) is 3.57. The van der Waals surface area contributed by atoms with Crippen LogP contribution in [0.25, 0.3) is 0 Å². The van der Waals surface area contributed by atoms with Crippen LogP contribution in [0, 0.1) is 5.92 Å². The summed E-state index contributed by atoms with van der Waals surface area (Å²) >= 11 is 0. The molecule has 114 valence electrons. The molecule has 0 bridgehead atoms. The standard InChI is InChI=1S/C15H21N3O3/c1-10(19)16-8-11-3-2-6-18(9-11)15(20)13-7-14(21-17-13)12-4-5-12/h7,11-12H,2-6,8-9H2,1H3,(H,16,19). The van der Waals surface area contributed by atoms with E-state index in [9.17, 15) is 9.59 Å². The molecule has 2 amide bonds. The summed E-state index contributed by atoms with van der Waals surface area (Å²) in [5.41, 5.74) is 0.414. The van der Waals surface area contributed by atoms with Crippen molar-refractivity contribution in [3.05, 3.63) is 17.5 Å². The van der Waals surface area contributed by atoms with Gasteiger partial charge in [0, 0.05) is 38.5 Å². The van der Waals surface area contributed by atoms with Gasteiger partial charge in [0.05, 0.1) is 0 Å². The van der Waals surface area contributed by atoms with Crippen molar-refractivity contribution >= 4 is 11.8 Å². The molecule has 1 unspecified atom stereocenters. The average Bonchev–Trinajstić information content (AvgIpc) is 3.22. The lowest BCUT2D eigenvalue weighted by atomic mass is 9.97. The molecule has 3 rings (SSSR count). The second-order valence-corrected chi connectivity index (χ2v) is 6.09. The van der Waals surface area contributed by atoms with Crippen LogP contribution < -0.4 is 5.32 Å². The van der Waals surface area contributed by atoms with Crippen molar-refractivity contribution in [2.24, 2.45) is 5.92 Å². The molecule has 21 heavy (non-hydrogen) atoms. The first-order valence-corrected chi connectivity index (χ1v) is 7.64. The topological polar surface area (TPSA) is 75.4 Å². The number of aromatic nitrogens is 1. The molecule has 1 aromatic heterocycles. The summed E-state index contributed by atoms with van der Waals surface area (Å²) in [6.07, 6.45) is 4.26. The van der Waals surface area contributed by atoms with Crippen LogP contribution in [-0.4, -0.2) is 41.5 Å². The van der Waals surface area contributed by atoms with Crippen LogP contribution in [0.15, 0.2) is 10.6 Å². The first-order chi connectivity index (χ1) is 10.1. The molecule has 1 saturated carbocycles. The Balaban J connectivity index is 1.59. The van der Waals surface area contributed by atoms with E-state index >= 15 is 0 Å². The zero-order valence-corrected chi connectivity index (χ0v) is 12.3. The Morgan fingerprint density at radius 3 is 2.95 bits per heavy atom. The van der Waals surface area contributed by atoms with Crippen LogP contribution in [0.2, 0.25) is 0 Å². The van der Waals surface area contributed by atoms with E-state index in [1.54, 1.807) is 6.07 Å². The van der Waals surface area contributed by atoms with Crippen LogP contribution >= 0.6 is 0 Å². The maximum absolute atomic E-state index is 12.5. The number of nitrogens with one attached hydrogen (secondary N) is 1. The number of carbonyl (C=O) groups excluding carboxylic acids is 2. The normalized spacial score (nSPS) is 22.1. The van der Waals surface area contributed by atoms with Crippen molar-refractivity contribution in [3.8, 4) is 0 Å². The highest BCUT2D eigenvalue weighted by Crippen LogP contribution is 2.40. The molecule has 1 aliphatic carbocycles. The predicted octanol–water partition coefficient (Wildman–Crippen LogP) is 1.54. The number of hydrogen-bond donors (Lipinski definition) is 1. The second-order valence-electron chi connectivity index (χ2n) is 6.09. The van der Waals surface area contributed by atoms with E-state index in [0.717, 1.165) is 38.0 Å². The number of likely N-dealkylation sites (tertiary alicyclic amines) is 1. The minimum atomic E-state index is -0.0572. The van der Waals surface area contributed by atoms with Crippen LogP contribution in [0.1, 0.15) is 54.8 Å². The molecular formula is C15H21N3O3. The predicted molar refractivity (Wildman–Crippen MR) is 75.8 cm³/mol. The van der Waals surface area contributed by atoms with Gasteiger partial charge < -0.3 is 14.7 Å². The van der Waals surface area contributed by atoms with Gasteiger partial charge in [-0.25, -0.2) is 0 Å². The van der Waals surface area contributed by atoms with Crippen molar-refractivity contribution in [1.82, 2.24) is 15.4 Å². The lowest BCUT2D eigenvalue weighted by molar-refractivity contribution is -0.119. The number of carbonyl (C=O) groups is 2. The fourth-order valence-corrected chi connectivity index (χ4v) is 2.82. The summed E-state index contributed by atoms with van der Waals surface area (Å²) in [4.78, 5) is 25.3. The zero-order chi connectivity index (χ0) is 14.8. The van der Waals surface area contributed by atoms with Gasteiger partial charge in [-0.2, -0.15) is 0 Å². The molecule has 0 aromatic carbocycles. The van der Waals surface area contributed by atoms with E-state index in [2.05, 4.69) is 10.5 Å². The Kier molecular flexibility index (Phi) is 3.94. The zero-order valence-electron chi connectivity index (χ0n) is 12.3. The molecule has 6 nitrogen and oxygen atoms in total. The number of nitrogens with zero attached hydrogens (tertiary/aromatic N) is 2. The third-order valence-electron chi connectivity index (χ3n) is 4.17. The Bertz CT molecular complexity index is 536. The van der Waals surface area contributed by atoms with Gasteiger partial charge >= 0.3 is 0 Å². The van der Waals surface area contributed by atoms with E-state index in [0.29, 0.717) is 30.6 Å². The summed E-state index contributed by atoms with van der Waals surface area (Å²) < 4.78 is 5.25. The largest absolute Gasteiger partial charge is 0.360 e. The number of hydrogen-bond acceptors (Lipinski definition) is 4. The molecule has 1 aliphatic heterocycles. The summed E-state index contributed by atoms with van der Waals surface area (Å²) in [5.74, 6) is 1.54. The van der Waals surface area contributed by atoms with E-state index < -0.39 is 0 Å². The minimum Gasteiger partial charge on any atom is -0.360 e. The van der Waals surface area contributed by atoms with Crippen molar-refractivity contribution in [1.29, 1.82) is 0 Å². The molecule has 2 aliphatic rings. The van der Waals surface area contributed by atoms with Gasteiger partial charge in [-0.1, -0.05) is 5.16 Å². The SMILES string of the molecule is CC(=O)NCC1CCCN(C(=O)c2cc(C3CC3)on2)C1. The fourth-order valence-electron chi connectivity index (χ4n) is 2.82. The van der Waals surface area contributed by atoms with Gasteiger partial charge in [0.25, 0.3) is 5.91 Å². The van der Waals surface area contributed by atoms with E-state index in [1.165, 1.54) is 6.92 Å². The van der Waals surface area contributed by atoms with Crippen molar-refractivity contribution in [3.63, 3.8) is 0 Å². The lowest BCUT2D eigenvalue weighted by Crippen LogP contribution is -2.43. The van der Waals surface area contributed by atoms with Crippen molar-refractivity contribution in [2.45, 2.75) is 38.5 Å². The summed E-state index contributed by atoms with van der Waals surface area (Å²) in [5, 5.41) is 6.75. The van der Waals surface area contributed by atoms with Crippen LogP contribution in [0.4, 0.5) is 0 Å². The summed E-state index contributed by atoms with van der Waals surface area (Å²) in [7, 11) is 0. The molecule has 0 spiro atoms. The van der Waals surface area contributed by atoms with E-state index in [-0.39, 0.29) is 11.8 Å². The number of rotatable bonds is 4. The Morgan fingerprint density at radius 2 is 2.24 bits per heavy atom. The second kappa shape index (κ2) is 5.87. The fraction of sp³-hybridized carbons (Fsp3) is 0.667.